The highest BCUT2D eigenvalue weighted by atomic mass is 16.5. The average Bonchev–Trinajstić information content (AvgIpc) is 3.01. The second kappa shape index (κ2) is 11.7. The molecular formula is C21H32N6O2. The molecular weight excluding hydrogens is 368 g/mol. The van der Waals surface area contributed by atoms with E-state index in [1.807, 2.05) is 35.9 Å². The number of benzene rings is 1. The summed E-state index contributed by atoms with van der Waals surface area (Å²) in [4.78, 5) is 15.4. The smallest absolute Gasteiger partial charge is 0.255 e. The molecule has 4 N–H and O–H groups in total. The van der Waals surface area contributed by atoms with Gasteiger partial charge in [0, 0.05) is 31.9 Å². The highest BCUT2D eigenvalue weighted by molar-refractivity contribution is 5.79. The molecule has 0 saturated heterocycles. The van der Waals surface area contributed by atoms with Crippen LogP contribution in [0.4, 0.5) is 0 Å². The van der Waals surface area contributed by atoms with Gasteiger partial charge < -0.3 is 21.1 Å². The number of ether oxygens (including phenoxy) is 1. The van der Waals surface area contributed by atoms with Gasteiger partial charge >= 0.3 is 0 Å². The summed E-state index contributed by atoms with van der Waals surface area (Å²) >= 11 is 0. The van der Waals surface area contributed by atoms with Crippen LogP contribution in [-0.4, -0.2) is 47.9 Å². The van der Waals surface area contributed by atoms with Crippen molar-refractivity contribution in [3.63, 3.8) is 0 Å². The second-order valence-corrected chi connectivity index (χ2v) is 6.84. The standard InChI is InChI=1S/C21H32N6O2/c1-4-23-21(24-11-5-13-27-17(3)14-16(2)26-27)25-12-10-18-6-8-19(9-7-18)29-15-20(22)28/h6-9,14H,4-5,10-13,15H2,1-3H3,(H2,22,28)(H2,23,24,25). The largest absolute Gasteiger partial charge is 0.484 e. The summed E-state index contributed by atoms with van der Waals surface area (Å²) in [7, 11) is 0. The highest BCUT2D eigenvalue weighted by Crippen LogP contribution is 2.12. The maximum Gasteiger partial charge on any atom is 0.255 e. The fourth-order valence-electron chi connectivity index (χ4n) is 2.89. The van der Waals surface area contributed by atoms with Crippen LogP contribution in [0.25, 0.3) is 0 Å². The number of nitrogens with two attached hydrogens (primary N) is 1. The zero-order valence-electron chi connectivity index (χ0n) is 17.6. The van der Waals surface area contributed by atoms with Crippen molar-refractivity contribution in [3.05, 3.63) is 47.3 Å². The SMILES string of the molecule is CCNC(=NCCCn1nc(C)cc1C)NCCc1ccc(OCC(N)=O)cc1. The van der Waals surface area contributed by atoms with Gasteiger partial charge in [0.15, 0.2) is 12.6 Å². The van der Waals surface area contributed by atoms with Crippen molar-refractivity contribution >= 4 is 11.9 Å². The molecule has 0 saturated carbocycles. The quantitative estimate of drug-likeness (QED) is 0.301. The molecule has 29 heavy (non-hydrogen) atoms. The van der Waals surface area contributed by atoms with Gasteiger partial charge in [0.25, 0.3) is 5.91 Å². The molecule has 0 bridgehead atoms. The maximum atomic E-state index is 10.7. The predicted octanol–water partition coefficient (Wildman–Crippen LogP) is 1.55. The minimum Gasteiger partial charge on any atom is -0.484 e. The first-order chi connectivity index (χ1) is 14.0. The number of rotatable bonds is 11. The van der Waals surface area contributed by atoms with Gasteiger partial charge in [-0.2, -0.15) is 5.10 Å². The molecule has 2 aromatic rings. The van der Waals surface area contributed by atoms with Gasteiger partial charge in [0.05, 0.1) is 5.69 Å². The number of aryl methyl sites for hydroxylation is 3. The Morgan fingerprint density at radius 1 is 1.24 bits per heavy atom. The van der Waals surface area contributed by atoms with Crippen molar-refractivity contribution in [2.24, 2.45) is 10.7 Å². The Labute approximate surface area is 172 Å². The predicted molar refractivity (Wildman–Crippen MR) is 115 cm³/mol. The number of carbonyl (C=O) groups excluding carboxylic acids is 1. The highest BCUT2D eigenvalue weighted by Gasteiger charge is 2.02. The van der Waals surface area contributed by atoms with Crippen molar-refractivity contribution < 1.29 is 9.53 Å². The lowest BCUT2D eigenvalue weighted by molar-refractivity contribution is -0.119. The molecule has 0 aliphatic rings. The maximum absolute atomic E-state index is 10.7. The van der Waals surface area contributed by atoms with E-state index in [9.17, 15) is 4.79 Å². The van der Waals surface area contributed by atoms with Crippen molar-refractivity contribution in [1.82, 2.24) is 20.4 Å². The van der Waals surface area contributed by atoms with Crippen LogP contribution in [0.2, 0.25) is 0 Å². The Morgan fingerprint density at radius 3 is 2.62 bits per heavy atom. The Morgan fingerprint density at radius 2 is 2.00 bits per heavy atom. The molecule has 0 atom stereocenters. The third-order valence-electron chi connectivity index (χ3n) is 4.26. The number of nitrogens with zero attached hydrogens (tertiary/aromatic N) is 3. The van der Waals surface area contributed by atoms with E-state index in [-0.39, 0.29) is 6.61 Å². The van der Waals surface area contributed by atoms with Gasteiger partial charge in [-0.05, 0) is 57.4 Å². The van der Waals surface area contributed by atoms with Crippen LogP contribution in [0.3, 0.4) is 0 Å². The van der Waals surface area contributed by atoms with Gasteiger partial charge in [-0.3, -0.25) is 14.5 Å². The molecule has 0 fully saturated rings. The van der Waals surface area contributed by atoms with Gasteiger partial charge in [-0.15, -0.1) is 0 Å². The van der Waals surface area contributed by atoms with E-state index in [0.717, 1.165) is 50.7 Å². The van der Waals surface area contributed by atoms with E-state index in [4.69, 9.17) is 10.5 Å². The summed E-state index contributed by atoms with van der Waals surface area (Å²) in [6, 6.07) is 9.74. The number of nitrogens with one attached hydrogen (secondary N) is 2. The molecule has 158 valence electrons. The zero-order chi connectivity index (χ0) is 21.1. The first kappa shape index (κ1) is 22.3. The molecule has 0 aliphatic heterocycles. The molecule has 0 radical (unpaired) electrons. The van der Waals surface area contributed by atoms with E-state index < -0.39 is 5.91 Å². The number of hydrogen-bond acceptors (Lipinski definition) is 4. The molecule has 2 rings (SSSR count). The Bertz CT molecular complexity index is 798. The summed E-state index contributed by atoms with van der Waals surface area (Å²) in [5, 5.41) is 11.1. The Balaban J connectivity index is 1.74. The van der Waals surface area contributed by atoms with Crippen molar-refractivity contribution in [1.29, 1.82) is 0 Å². The van der Waals surface area contributed by atoms with Gasteiger partial charge in [-0.25, -0.2) is 0 Å². The lowest BCUT2D eigenvalue weighted by Crippen LogP contribution is -2.38. The number of guanidine groups is 1. The van der Waals surface area contributed by atoms with E-state index in [1.165, 1.54) is 11.3 Å². The summed E-state index contributed by atoms with van der Waals surface area (Å²) in [6.45, 7) is 9.22. The molecule has 0 unspecified atom stereocenters. The van der Waals surface area contributed by atoms with Gasteiger partial charge in [0.2, 0.25) is 0 Å². The third kappa shape index (κ3) is 8.25. The molecule has 0 spiro atoms. The number of amides is 1. The van der Waals surface area contributed by atoms with Crippen molar-refractivity contribution in [2.45, 2.75) is 40.2 Å². The molecule has 8 nitrogen and oxygen atoms in total. The molecule has 8 heteroatoms. The molecule has 1 aromatic heterocycles. The monoisotopic (exact) mass is 400 g/mol. The molecule has 1 amide bonds. The minimum atomic E-state index is -0.483. The molecule has 1 heterocycles. The van der Waals surface area contributed by atoms with Crippen LogP contribution < -0.4 is 21.1 Å². The average molecular weight is 401 g/mol. The topological polar surface area (TPSA) is 107 Å². The number of aromatic nitrogens is 2. The van der Waals surface area contributed by atoms with Gasteiger partial charge in [-0.1, -0.05) is 12.1 Å². The van der Waals surface area contributed by atoms with Crippen LogP contribution in [-0.2, 0) is 17.8 Å². The Hall–Kier alpha value is -3.03. The van der Waals surface area contributed by atoms with Crippen molar-refractivity contribution in [2.75, 3.05) is 26.2 Å². The lowest BCUT2D eigenvalue weighted by Gasteiger charge is -2.12. The van der Waals surface area contributed by atoms with Crippen LogP contribution in [0, 0.1) is 13.8 Å². The van der Waals surface area contributed by atoms with Crippen molar-refractivity contribution in [3.8, 4) is 5.75 Å². The summed E-state index contributed by atoms with van der Waals surface area (Å²) < 4.78 is 7.30. The van der Waals surface area contributed by atoms with Crippen LogP contribution >= 0.6 is 0 Å². The van der Waals surface area contributed by atoms with E-state index in [2.05, 4.69) is 40.6 Å². The Kier molecular flexibility index (Phi) is 9.01. The number of primary amides is 1. The van der Waals surface area contributed by atoms with E-state index in [0.29, 0.717) is 5.75 Å². The van der Waals surface area contributed by atoms with Gasteiger partial charge in [0.1, 0.15) is 5.75 Å². The lowest BCUT2D eigenvalue weighted by atomic mass is 10.1. The number of carbonyl (C=O) groups is 1. The number of aliphatic imine (C=N–C) groups is 1. The second-order valence-electron chi connectivity index (χ2n) is 6.84. The molecule has 0 aliphatic carbocycles. The van der Waals surface area contributed by atoms with E-state index >= 15 is 0 Å². The minimum absolute atomic E-state index is 0.108. The van der Waals surface area contributed by atoms with Crippen LogP contribution in [0.15, 0.2) is 35.3 Å². The van der Waals surface area contributed by atoms with Crippen LogP contribution in [0.5, 0.6) is 5.75 Å². The fourth-order valence-corrected chi connectivity index (χ4v) is 2.89. The number of hydrogen-bond donors (Lipinski definition) is 3. The first-order valence-electron chi connectivity index (χ1n) is 10.0. The third-order valence-corrected chi connectivity index (χ3v) is 4.26. The van der Waals surface area contributed by atoms with E-state index in [1.54, 1.807) is 0 Å². The summed E-state index contributed by atoms with van der Waals surface area (Å²) in [5.41, 5.74) is 8.48. The van der Waals surface area contributed by atoms with Crippen LogP contribution in [0.1, 0.15) is 30.3 Å². The zero-order valence-corrected chi connectivity index (χ0v) is 17.6. The normalized spacial score (nSPS) is 11.3. The fraction of sp³-hybridized carbons (Fsp3) is 0.476. The summed E-state index contributed by atoms with van der Waals surface area (Å²) in [5.74, 6) is 0.976. The first-order valence-corrected chi connectivity index (χ1v) is 10.0. The summed E-state index contributed by atoms with van der Waals surface area (Å²) in [6.07, 6.45) is 1.79. The molecule has 1 aromatic carbocycles.